The van der Waals surface area contributed by atoms with Crippen LogP contribution in [-0.2, 0) is 29.6 Å². The van der Waals surface area contributed by atoms with E-state index in [1.807, 2.05) is 0 Å². The molecule has 0 spiro atoms. The van der Waals surface area contributed by atoms with E-state index in [1.165, 1.54) is 33.5 Å². The van der Waals surface area contributed by atoms with Crippen molar-refractivity contribution in [3.05, 3.63) is 60.2 Å². The third kappa shape index (κ3) is 6.29. The van der Waals surface area contributed by atoms with Crippen LogP contribution in [0.25, 0.3) is 0 Å². The summed E-state index contributed by atoms with van der Waals surface area (Å²) in [6.07, 6.45) is 1.01. The molecule has 0 aromatic heterocycles. The van der Waals surface area contributed by atoms with Crippen LogP contribution in [0.1, 0.15) is 10.4 Å². The summed E-state index contributed by atoms with van der Waals surface area (Å²) in [7, 11) is -7.48. The number of nitrogens with zero attached hydrogens (tertiary/aromatic N) is 4. The second-order valence-corrected chi connectivity index (χ2v) is 12.7. The first kappa shape index (κ1) is 27.0. The maximum atomic E-state index is 13.0. The Hall–Kier alpha value is -3.00. The summed E-state index contributed by atoms with van der Waals surface area (Å²) in [5, 5.41) is 0. The number of hydrogen-bond acceptors (Lipinski definition) is 7. The van der Waals surface area contributed by atoms with E-state index < -0.39 is 32.5 Å². The molecule has 13 heteroatoms. The normalized spacial score (nSPS) is 17.4. The Balaban J connectivity index is 1.41. The van der Waals surface area contributed by atoms with Gasteiger partial charge < -0.3 is 14.5 Å². The van der Waals surface area contributed by atoms with Crippen LogP contribution in [0.3, 0.4) is 0 Å². The first-order chi connectivity index (χ1) is 17.6. The zero-order valence-corrected chi connectivity index (χ0v) is 22.2. The van der Waals surface area contributed by atoms with Crippen molar-refractivity contribution in [1.29, 1.82) is 0 Å². The lowest BCUT2D eigenvalue weighted by Crippen LogP contribution is -2.53. The van der Waals surface area contributed by atoms with Gasteiger partial charge in [0.2, 0.25) is 26.0 Å². The van der Waals surface area contributed by atoms with Gasteiger partial charge in [-0.1, -0.05) is 18.2 Å². The van der Waals surface area contributed by atoms with Crippen LogP contribution in [0.2, 0.25) is 0 Å². The molecule has 0 N–H and O–H groups in total. The molecule has 11 nitrogen and oxygen atoms in total. The molecule has 200 valence electrons. The highest BCUT2D eigenvalue weighted by atomic mass is 32.2. The Kier molecular flexibility index (Phi) is 8.17. The van der Waals surface area contributed by atoms with Crippen molar-refractivity contribution in [3.8, 4) is 0 Å². The van der Waals surface area contributed by atoms with Gasteiger partial charge in [0.15, 0.2) is 0 Å². The predicted octanol–water partition coefficient (Wildman–Crippen LogP) is 0.458. The molecule has 0 bridgehead atoms. The molecule has 0 saturated carbocycles. The number of rotatable bonds is 7. The number of sulfonamides is 2. The van der Waals surface area contributed by atoms with Gasteiger partial charge in [-0.3, -0.25) is 13.9 Å². The monoisotopic (exact) mass is 550 g/mol. The highest BCUT2D eigenvalue weighted by Crippen LogP contribution is 2.21. The largest absolute Gasteiger partial charge is 0.378 e. The highest BCUT2D eigenvalue weighted by molar-refractivity contribution is 7.92. The second-order valence-electron chi connectivity index (χ2n) is 8.82. The Labute approximate surface area is 217 Å². The smallest absolute Gasteiger partial charge is 0.254 e. The summed E-state index contributed by atoms with van der Waals surface area (Å²) in [6.45, 7) is 2.02. The minimum absolute atomic E-state index is 0.111. The molecule has 2 aromatic rings. The number of benzene rings is 2. The van der Waals surface area contributed by atoms with Gasteiger partial charge in [0, 0.05) is 44.8 Å². The van der Waals surface area contributed by atoms with Gasteiger partial charge >= 0.3 is 0 Å². The fraction of sp³-hybridized carbons (Fsp3) is 0.417. The van der Waals surface area contributed by atoms with Gasteiger partial charge in [-0.05, 0) is 36.4 Å². The Morgan fingerprint density at radius 2 is 1.41 bits per heavy atom. The Morgan fingerprint density at radius 1 is 0.811 bits per heavy atom. The SMILES string of the molecule is CS(=O)(=O)N(CC(=O)N1CCN(S(=O)(=O)c2ccccc2)CC1)c1ccc(C(=O)N2CCOCC2)cc1. The third-order valence-corrected chi connectivity index (χ3v) is 9.41. The average Bonchev–Trinajstić information content (AvgIpc) is 2.91. The van der Waals surface area contributed by atoms with Crippen molar-refractivity contribution in [2.45, 2.75) is 4.90 Å². The number of ether oxygens (including phenoxy) is 1. The lowest BCUT2D eigenvalue weighted by molar-refractivity contribution is -0.130. The number of amides is 2. The van der Waals surface area contributed by atoms with Crippen LogP contribution < -0.4 is 4.31 Å². The number of carbonyl (C=O) groups is 2. The predicted molar refractivity (Wildman–Crippen MR) is 137 cm³/mol. The van der Waals surface area contributed by atoms with Gasteiger partial charge in [0.1, 0.15) is 6.54 Å². The van der Waals surface area contributed by atoms with E-state index in [9.17, 15) is 26.4 Å². The molecular formula is C24H30N4O7S2. The molecule has 2 saturated heterocycles. The Morgan fingerprint density at radius 3 is 1.97 bits per heavy atom. The first-order valence-electron chi connectivity index (χ1n) is 11.8. The van der Waals surface area contributed by atoms with Crippen LogP contribution in [0.15, 0.2) is 59.5 Å². The first-order valence-corrected chi connectivity index (χ1v) is 15.1. The van der Waals surface area contributed by atoms with E-state index in [1.54, 1.807) is 35.2 Å². The highest BCUT2D eigenvalue weighted by Gasteiger charge is 2.31. The molecule has 2 fully saturated rings. The molecule has 37 heavy (non-hydrogen) atoms. The maximum absolute atomic E-state index is 13.0. The summed E-state index contributed by atoms with van der Waals surface area (Å²) >= 11 is 0. The summed E-state index contributed by atoms with van der Waals surface area (Å²) < 4.78 is 58.3. The Bertz CT molecular complexity index is 1320. The summed E-state index contributed by atoms with van der Waals surface area (Å²) in [4.78, 5) is 29.0. The number of piperazine rings is 1. The van der Waals surface area contributed by atoms with E-state index in [2.05, 4.69) is 0 Å². The second kappa shape index (κ2) is 11.2. The molecule has 0 radical (unpaired) electrons. The molecule has 4 rings (SSSR count). The summed E-state index contributed by atoms with van der Waals surface area (Å²) in [5.41, 5.74) is 0.681. The fourth-order valence-corrected chi connectivity index (χ4v) is 6.55. The van der Waals surface area contributed by atoms with Gasteiger partial charge in [0.25, 0.3) is 5.91 Å². The summed E-state index contributed by atoms with van der Waals surface area (Å²) in [5.74, 6) is -0.601. The number of anilines is 1. The van der Waals surface area contributed by atoms with Crippen molar-refractivity contribution in [2.75, 3.05) is 69.6 Å². The van der Waals surface area contributed by atoms with Crippen LogP contribution in [0, 0.1) is 0 Å². The third-order valence-electron chi connectivity index (χ3n) is 6.35. The van der Waals surface area contributed by atoms with Crippen LogP contribution in [0.5, 0.6) is 0 Å². The minimum Gasteiger partial charge on any atom is -0.378 e. The van der Waals surface area contributed by atoms with Crippen molar-refractivity contribution < 1.29 is 31.2 Å². The maximum Gasteiger partial charge on any atom is 0.254 e. The van der Waals surface area contributed by atoms with Crippen LogP contribution >= 0.6 is 0 Å². The van der Waals surface area contributed by atoms with E-state index in [0.717, 1.165) is 10.6 Å². The molecular weight excluding hydrogens is 520 g/mol. The summed E-state index contributed by atoms with van der Waals surface area (Å²) in [6, 6.07) is 14.2. The quantitative estimate of drug-likeness (QED) is 0.491. The van der Waals surface area contributed by atoms with E-state index in [-0.39, 0.29) is 42.7 Å². The zero-order valence-electron chi connectivity index (χ0n) is 20.5. The number of morpholine rings is 1. The van der Waals surface area contributed by atoms with Gasteiger partial charge in [-0.15, -0.1) is 0 Å². The molecule has 2 amide bonds. The van der Waals surface area contributed by atoms with Crippen molar-refractivity contribution in [1.82, 2.24) is 14.1 Å². The molecule has 0 atom stereocenters. The molecule has 2 aliphatic rings. The van der Waals surface area contributed by atoms with Crippen LogP contribution in [-0.4, -0.2) is 108 Å². The molecule has 2 aromatic carbocycles. The topological polar surface area (TPSA) is 125 Å². The van der Waals surface area contributed by atoms with Crippen LogP contribution in [0.4, 0.5) is 5.69 Å². The molecule has 2 heterocycles. The van der Waals surface area contributed by atoms with E-state index >= 15 is 0 Å². The standard InChI is InChI=1S/C24H30N4O7S2/c1-36(31,32)28(21-9-7-20(8-10-21)24(30)26-15-17-35-18-16-26)19-23(29)25-11-13-27(14-12-25)37(33,34)22-5-3-2-4-6-22/h2-10H,11-19H2,1H3. The molecule has 0 aliphatic carbocycles. The minimum atomic E-state index is -3.81. The average molecular weight is 551 g/mol. The zero-order chi connectivity index (χ0) is 26.6. The van der Waals surface area contributed by atoms with Crippen molar-refractivity contribution in [2.24, 2.45) is 0 Å². The number of hydrogen-bond donors (Lipinski definition) is 0. The fourth-order valence-electron chi connectivity index (χ4n) is 4.26. The van der Waals surface area contributed by atoms with Gasteiger partial charge in [-0.2, -0.15) is 4.31 Å². The van der Waals surface area contributed by atoms with E-state index in [0.29, 0.717) is 31.9 Å². The van der Waals surface area contributed by atoms with Crippen molar-refractivity contribution in [3.63, 3.8) is 0 Å². The lowest BCUT2D eigenvalue weighted by atomic mass is 10.1. The number of carbonyl (C=O) groups excluding carboxylic acids is 2. The lowest BCUT2D eigenvalue weighted by Gasteiger charge is -2.35. The van der Waals surface area contributed by atoms with Gasteiger partial charge in [-0.25, -0.2) is 16.8 Å². The molecule has 2 aliphatic heterocycles. The van der Waals surface area contributed by atoms with E-state index in [4.69, 9.17) is 4.74 Å². The van der Waals surface area contributed by atoms with Crippen molar-refractivity contribution >= 4 is 37.5 Å². The van der Waals surface area contributed by atoms with Gasteiger partial charge in [0.05, 0.1) is 30.1 Å². The molecule has 0 unspecified atom stereocenters.